The van der Waals surface area contributed by atoms with E-state index in [0.29, 0.717) is 19.8 Å². The molecule has 0 aromatic carbocycles. The van der Waals surface area contributed by atoms with Crippen LogP contribution in [0.25, 0.3) is 0 Å². The summed E-state index contributed by atoms with van der Waals surface area (Å²) in [4.78, 5) is 0. The van der Waals surface area contributed by atoms with Gasteiger partial charge in [-0.2, -0.15) is 0 Å². The molecule has 0 aromatic heterocycles. The van der Waals surface area contributed by atoms with Crippen molar-refractivity contribution >= 4 is 0 Å². The second kappa shape index (κ2) is 2.42. The molecule has 4 nitrogen and oxygen atoms in total. The van der Waals surface area contributed by atoms with Crippen LogP contribution in [0.4, 0.5) is 0 Å². The van der Waals surface area contributed by atoms with Gasteiger partial charge in [-0.05, 0) is 6.92 Å². The first-order valence-corrected chi connectivity index (χ1v) is 4.16. The van der Waals surface area contributed by atoms with E-state index in [0.717, 1.165) is 0 Å². The molecule has 1 N–H and O–H groups in total. The van der Waals surface area contributed by atoms with E-state index in [1.165, 1.54) is 0 Å². The lowest BCUT2D eigenvalue weighted by atomic mass is 9.91. The Morgan fingerprint density at radius 3 is 1.92 bits per heavy atom. The van der Waals surface area contributed by atoms with Crippen LogP contribution in [-0.4, -0.2) is 37.0 Å². The Balaban J connectivity index is 2.14. The molecule has 3 rings (SSSR count). The summed E-state index contributed by atoms with van der Waals surface area (Å²) in [6.07, 6.45) is -0.748. The average Bonchev–Trinajstić information content (AvgIpc) is 2.06. The first-order chi connectivity index (χ1) is 5.56. The summed E-state index contributed by atoms with van der Waals surface area (Å²) < 4.78 is 16.0. The van der Waals surface area contributed by atoms with E-state index in [1.54, 1.807) is 6.92 Å². The number of fused-ring (bicyclic) bond motifs is 3. The van der Waals surface area contributed by atoms with Gasteiger partial charge < -0.3 is 19.3 Å². The van der Waals surface area contributed by atoms with Crippen LogP contribution in [0.1, 0.15) is 13.8 Å². The van der Waals surface area contributed by atoms with Gasteiger partial charge in [0, 0.05) is 5.41 Å². The van der Waals surface area contributed by atoms with Crippen molar-refractivity contribution in [1.29, 1.82) is 0 Å². The molecule has 0 saturated carbocycles. The van der Waals surface area contributed by atoms with Crippen LogP contribution in [0.15, 0.2) is 0 Å². The molecule has 0 amide bonds. The summed E-state index contributed by atoms with van der Waals surface area (Å²) in [6.45, 7) is 5.43. The SMILES string of the molecule is CC(O)C12OCC(C)(CO1)CO2. The van der Waals surface area contributed by atoms with Crippen molar-refractivity contribution < 1.29 is 19.3 Å². The first kappa shape index (κ1) is 8.44. The first-order valence-electron chi connectivity index (χ1n) is 4.16. The minimum absolute atomic E-state index is 0.0311. The quantitative estimate of drug-likeness (QED) is 0.612. The van der Waals surface area contributed by atoms with Crippen molar-refractivity contribution in [1.82, 2.24) is 0 Å². The number of rotatable bonds is 1. The molecule has 0 aromatic rings. The fourth-order valence-corrected chi connectivity index (χ4v) is 1.44. The molecular formula is C8H14O4. The average molecular weight is 174 g/mol. The van der Waals surface area contributed by atoms with Crippen LogP contribution >= 0.6 is 0 Å². The zero-order chi connectivity index (χ0) is 8.82. The zero-order valence-electron chi connectivity index (χ0n) is 7.37. The highest BCUT2D eigenvalue weighted by atomic mass is 16.9. The molecule has 0 radical (unpaired) electrons. The number of aliphatic hydroxyl groups excluding tert-OH is 1. The van der Waals surface area contributed by atoms with Gasteiger partial charge in [-0.15, -0.1) is 0 Å². The fraction of sp³-hybridized carbons (Fsp3) is 1.00. The van der Waals surface area contributed by atoms with Gasteiger partial charge in [-0.25, -0.2) is 0 Å². The van der Waals surface area contributed by atoms with Crippen LogP contribution in [-0.2, 0) is 14.2 Å². The Morgan fingerprint density at radius 1 is 1.17 bits per heavy atom. The lowest BCUT2D eigenvalue weighted by Crippen LogP contribution is -2.63. The smallest absolute Gasteiger partial charge is 0.310 e. The Morgan fingerprint density at radius 2 is 1.58 bits per heavy atom. The van der Waals surface area contributed by atoms with Gasteiger partial charge >= 0.3 is 5.97 Å². The molecule has 2 bridgehead atoms. The molecule has 3 saturated heterocycles. The molecule has 3 aliphatic rings. The maximum absolute atomic E-state index is 9.36. The highest BCUT2D eigenvalue weighted by Gasteiger charge is 2.53. The summed E-state index contributed by atoms with van der Waals surface area (Å²) in [5, 5.41) is 9.36. The second-order valence-corrected chi connectivity index (χ2v) is 3.96. The van der Waals surface area contributed by atoms with Crippen LogP contribution in [0, 0.1) is 5.41 Å². The maximum Gasteiger partial charge on any atom is 0.310 e. The minimum Gasteiger partial charge on any atom is -0.385 e. The summed E-state index contributed by atoms with van der Waals surface area (Å²) in [5.74, 6) is -1.18. The molecule has 0 aliphatic carbocycles. The van der Waals surface area contributed by atoms with Gasteiger partial charge in [-0.3, -0.25) is 0 Å². The molecule has 3 heterocycles. The Labute approximate surface area is 71.4 Å². The van der Waals surface area contributed by atoms with Gasteiger partial charge in [-0.1, -0.05) is 6.92 Å². The number of hydrogen-bond acceptors (Lipinski definition) is 4. The molecule has 3 fully saturated rings. The Hall–Kier alpha value is -0.160. The number of hydrogen-bond donors (Lipinski definition) is 1. The largest absolute Gasteiger partial charge is 0.385 e. The van der Waals surface area contributed by atoms with Crippen molar-refractivity contribution in [2.45, 2.75) is 25.9 Å². The minimum atomic E-state index is -1.18. The highest BCUT2D eigenvalue weighted by molar-refractivity contribution is 4.86. The van der Waals surface area contributed by atoms with E-state index < -0.39 is 12.1 Å². The normalized spacial score (nSPS) is 49.2. The van der Waals surface area contributed by atoms with Crippen molar-refractivity contribution in [3.8, 4) is 0 Å². The van der Waals surface area contributed by atoms with Crippen molar-refractivity contribution in [3.05, 3.63) is 0 Å². The van der Waals surface area contributed by atoms with E-state index in [2.05, 4.69) is 0 Å². The van der Waals surface area contributed by atoms with Crippen LogP contribution in [0.2, 0.25) is 0 Å². The summed E-state index contributed by atoms with van der Waals surface area (Å²) in [6, 6.07) is 0. The molecule has 1 unspecified atom stereocenters. The van der Waals surface area contributed by atoms with Crippen LogP contribution in [0.3, 0.4) is 0 Å². The van der Waals surface area contributed by atoms with E-state index in [9.17, 15) is 5.11 Å². The lowest BCUT2D eigenvalue weighted by Gasteiger charge is -2.51. The fourth-order valence-electron chi connectivity index (χ4n) is 1.44. The van der Waals surface area contributed by atoms with Gasteiger partial charge in [0.2, 0.25) is 0 Å². The summed E-state index contributed by atoms with van der Waals surface area (Å²) >= 11 is 0. The van der Waals surface area contributed by atoms with E-state index >= 15 is 0 Å². The Kier molecular flexibility index (Phi) is 1.70. The van der Waals surface area contributed by atoms with Gasteiger partial charge in [0.15, 0.2) is 0 Å². The monoisotopic (exact) mass is 174 g/mol. The molecular weight excluding hydrogens is 160 g/mol. The van der Waals surface area contributed by atoms with Crippen molar-refractivity contribution in [2.24, 2.45) is 5.41 Å². The third-order valence-electron chi connectivity index (χ3n) is 2.38. The molecule has 4 heteroatoms. The Bertz CT molecular complexity index is 165. The van der Waals surface area contributed by atoms with Crippen molar-refractivity contribution in [2.75, 3.05) is 19.8 Å². The molecule has 1 atom stereocenters. The standard InChI is InChI=1S/C8H14O4/c1-6(9)8-10-3-7(2,4-11-8)5-12-8/h6,9H,3-5H2,1-2H3. The van der Waals surface area contributed by atoms with E-state index in [1.807, 2.05) is 6.92 Å². The maximum atomic E-state index is 9.36. The number of ether oxygens (including phenoxy) is 3. The molecule has 12 heavy (non-hydrogen) atoms. The van der Waals surface area contributed by atoms with Gasteiger partial charge in [0.1, 0.15) is 6.10 Å². The predicted molar refractivity (Wildman–Crippen MR) is 40.4 cm³/mol. The molecule has 3 aliphatic heterocycles. The van der Waals surface area contributed by atoms with E-state index in [-0.39, 0.29) is 5.41 Å². The third-order valence-corrected chi connectivity index (χ3v) is 2.38. The van der Waals surface area contributed by atoms with E-state index in [4.69, 9.17) is 14.2 Å². The molecule has 0 spiro atoms. The van der Waals surface area contributed by atoms with Gasteiger partial charge in [0.05, 0.1) is 19.8 Å². The third kappa shape index (κ3) is 1.07. The second-order valence-electron chi connectivity index (χ2n) is 3.96. The lowest BCUT2D eigenvalue weighted by molar-refractivity contribution is -0.486. The van der Waals surface area contributed by atoms with Gasteiger partial charge in [0.25, 0.3) is 0 Å². The molecule has 70 valence electrons. The summed E-state index contributed by atoms with van der Waals surface area (Å²) in [7, 11) is 0. The topological polar surface area (TPSA) is 47.9 Å². The highest BCUT2D eigenvalue weighted by Crippen LogP contribution is 2.39. The van der Waals surface area contributed by atoms with Crippen molar-refractivity contribution in [3.63, 3.8) is 0 Å². The zero-order valence-corrected chi connectivity index (χ0v) is 7.37. The predicted octanol–water partition coefficient (Wildman–Crippen LogP) is 0.104. The number of aliphatic hydroxyl groups is 1. The van der Waals surface area contributed by atoms with Crippen LogP contribution in [0.5, 0.6) is 0 Å². The summed E-state index contributed by atoms with van der Waals surface area (Å²) in [5.41, 5.74) is -0.0311. The van der Waals surface area contributed by atoms with Crippen LogP contribution < -0.4 is 0 Å².